The number of carbonyl (C=O) groups excluding carboxylic acids is 2. The summed E-state index contributed by atoms with van der Waals surface area (Å²) in [5, 5.41) is 19.7. The maximum absolute atomic E-state index is 11.4. The molecular formula is C12H24N2O5. The number of hydrogen-bond acceptors (Lipinski definition) is 5. The molecule has 0 unspecified atom stereocenters. The van der Waals surface area contributed by atoms with Crippen molar-refractivity contribution >= 4 is 12.0 Å². The van der Waals surface area contributed by atoms with Gasteiger partial charge in [-0.05, 0) is 40.0 Å². The topological polar surface area (TPSA) is 90.3 Å². The van der Waals surface area contributed by atoms with Crippen molar-refractivity contribution in [3.63, 3.8) is 0 Å². The molecule has 112 valence electrons. The first-order chi connectivity index (χ1) is 8.63. The summed E-state index contributed by atoms with van der Waals surface area (Å²) < 4.78 is 4.97. The van der Waals surface area contributed by atoms with Crippen LogP contribution < -0.4 is 0 Å². The fraction of sp³-hybridized carbons (Fsp3) is 0.833. The highest BCUT2D eigenvalue weighted by atomic mass is 16.6. The predicted molar refractivity (Wildman–Crippen MR) is 67.8 cm³/mol. The van der Waals surface area contributed by atoms with E-state index < -0.39 is 17.6 Å². The number of rotatable bonds is 6. The molecule has 0 aromatic carbocycles. The Morgan fingerprint density at radius 2 is 1.47 bits per heavy atom. The Morgan fingerprint density at radius 3 is 1.89 bits per heavy atom. The second-order valence-corrected chi connectivity index (χ2v) is 5.31. The van der Waals surface area contributed by atoms with Gasteiger partial charge < -0.3 is 4.74 Å². The van der Waals surface area contributed by atoms with Crippen LogP contribution in [0.15, 0.2) is 0 Å². The molecule has 7 heteroatoms. The number of carbonyl (C=O) groups is 2. The molecule has 0 aliphatic carbocycles. The van der Waals surface area contributed by atoms with E-state index >= 15 is 0 Å². The van der Waals surface area contributed by atoms with Gasteiger partial charge in [0.1, 0.15) is 5.60 Å². The highest BCUT2D eigenvalue weighted by molar-refractivity contribution is 5.71. The van der Waals surface area contributed by atoms with Crippen LogP contribution in [0.25, 0.3) is 0 Å². The molecule has 0 aromatic heterocycles. The summed E-state index contributed by atoms with van der Waals surface area (Å²) in [6, 6.07) is 0. The van der Waals surface area contributed by atoms with Crippen molar-refractivity contribution in [1.82, 2.24) is 10.1 Å². The minimum atomic E-state index is -0.778. The molecule has 19 heavy (non-hydrogen) atoms. The van der Waals surface area contributed by atoms with E-state index in [4.69, 9.17) is 9.94 Å². The summed E-state index contributed by atoms with van der Waals surface area (Å²) in [6.07, 6.45) is 1.05. The van der Waals surface area contributed by atoms with Crippen LogP contribution in [0.1, 0.15) is 47.0 Å². The Bertz CT molecular complexity index is 301. The van der Waals surface area contributed by atoms with E-state index in [1.54, 1.807) is 20.8 Å². The van der Waals surface area contributed by atoms with Gasteiger partial charge >= 0.3 is 6.09 Å². The van der Waals surface area contributed by atoms with Crippen molar-refractivity contribution in [1.29, 1.82) is 0 Å². The van der Waals surface area contributed by atoms with Crippen molar-refractivity contribution < 1.29 is 24.7 Å². The highest BCUT2D eigenvalue weighted by Gasteiger charge is 2.20. The van der Waals surface area contributed by atoms with Crippen molar-refractivity contribution in [3.05, 3.63) is 0 Å². The second-order valence-electron chi connectivity index (χ2n) is 5.31. The first-order valence-corrected chi connectivity index (χ1v) is 6.30. The lowest BCUT2D eigenvalue weighted by Gasteiger charge is -2.23. The Morgan fingerprint density at radius 1 is 1.00 bits per heavy atom. The lowest BCUT2D eigenvalue weighted by atomic mass is 10.2. The summed E-state index contributed by atoms with van der Waals surface area (Å²) in [4.78, 5) is 22.1. The van der Waals surface area contributed by atoms with Crippen molar-refractivity contribution in [2.45, 2.75) is 52.6 Å². The van der Waals surface area contributed by atoms with E-state index in [9.17, 15) is 14.8 Å². The zero-order valence-corrected chi connectivity index (χ0v) is 12.0. The number of hydroxylamine groups is 4. The standard InChI is InChI=1S/C12H24N2O5/c1-10(15)13(17)8-6-5-7-9-14(18)11(16)19-12(2,3)4/h17-18H,5-9H2,1-4H3. The quantitative estimate of drug-likeness (QED) is 0.440. The second kappa shape index (κ2) is 7.96. The molecule has 0 atom stereocenters. The number of amides is 2. The van der Waals surface area contributed by atoms with Gasteiger partial charge in [0.05, 0.1) is 6.54 Å². The first-order valence-electron chi connectivity index (χ1n) is 6.30. The third-order valence-corrected chi connectivity index (χ3v) is 2.21. The lowest BCUT2D eigenvalue weighted by molar-refractivity contribution is -0.162. The van der Waals surface area contributed by atoms with Crippen LogP contribution in [0.2, 0.25) is 0 Å². The Kier molecular flexibility index (Phi) is 7.40. The van der Waals surface area contributed by atoms with Crippen LogP contribution in [-0.2, 0) is 9.53 Å². The number of unbranched alkanes of at least 4 members (excludes halogenated alkanes) is 2. The zero-order chi connectivity index (χ0) is 15.1. The third-order valence-electron chi connectivity index (χ3n) is 2.21. The van der Waals surface area contributed by atoms with Crippen LogP contribution in [0, 0.1) is 0 Å². The maximum Gasteiger partial charge on any atom is 0.434 e. The molecule has 0 fully saturated rings. The van der Waals surface area contributed by atoms with E-state index in [0.29, 0.717) is 29.4 Å². The van der Waals surface area contributed by atoms with Crippen LogP contribution in [0.5, 0.6) is 0 Å². The molecule has 0 aliphatic heterocycles. The van der Waals surface area contributed by atoms with Gasteiger partial charge in [-0.25, -0.2) is 9.86 Å². The summed E-state index contributed by atoms with van der Waals surface area (Å²) in [6.45, 7) is 6.83. The van der Waals surface area contributed by atoms with Gasteiger partial charge in [-0.15, -0.1) is 0 Å². The summed E-state index contributed by atoms with van der Waals surface area (Å²) in [5.74, 6) is -0.405. The molecule has 0 aromatic rings. The van der Waals surface area contributed by atoms with Gasteiger partial charge in [0, 0.05) is 13.5 Å². The molecule has 2 amide bonds. The molecule has 7 nitrogen and oxygen atoms in total. The summed E-state index contributed by atoms with van der Waals surface area (Å²) in [5.41, 5.74) is -0.642. The van der Waals surface area contributed by atoms with Crippen molar-refractivity contribution in [2.75, 3.05) is 13.1 Å². The van der Waals surface area contributed by atoms with E-state index in [1.807, 2.05) is 0 Å². The first kappa shape index (κ1) is 17.7. The van der Waals surface area contributed by atoms with Crippen LogP contribution in [-0.4, -0.2) is 51.2 Å². The number of hydrogen-bond donors (Lipinski definition) is 2. The van der Waals surface area contributed by atoms with Gasteiger partial charge in [-0.2, -0.15) is 5.06 Å². The fourth-order valence-electron chi connectivity index (χ4n) is 1.26. The normalized spacial score (nSPS) is 11.1. The number of nitrogens with zero attached hydrogens (tertiary/aromatic N) is 2. The Labute approximate surface area is 113 Å². The smallest absolute Gasteiger partial charge is 0.434 e. The van der Waals surface area contributed by atoms with Gasteiger partial charge in [-0.1, -0.05) is 0 Å². The van der Waals surface area contributed by atoms with Gasteiger partial charge in [0.15, 0.2) is 0 Å². The molecule has 2 N–H and O–H groups in total. The molecular weight excluding hydrogens is 252 g/mol. The third kappa shape index (κ3) is 9.26. The summed E-state index contributed by atoms with van der Waals surface area (Å²) in [7, 11) is 0. The molecule has 0 bridgehead atoms. The fourth-order valence-corrected chi connectivity index (χ4v) is 1.26. The monoisotopic (exact) mass is 276 g/mol. The molecule has 0 aliphatic rings. The minimum absolute atomic E-state index is 0.153. The summed E-state index contributed by atoms with van der Waals surface area (Å²) >= 11 is 0. The minimum Gasteiger partial charge on any atom is -0.442 e. The largest absolute Gasteiger partial charge is 0.442 e. The van der Waals surface area contributed by atoms with E-state index in [-0.39, 0.29) is 13.1 Å². The highest BCUT2D eigenvalue weighted by Crippen LogP contribution is 2.09. The zero-order valence-electron chi connectivity index (χ0n) is 12.0. The van der Waals surface area contributed by atoms with Gasteiger partial charge in [-0.3, -0.25) is 15.2 Å². The average molecular weight is 276 g/mol. The van der Waals surface area contributed by atoms with Crippen molar-refractivity contribution in [3.8, 4) is 0 Å². The van der Waals surface area contributed by atoms with E-state index in [2.05, 4.69) is 0 Å². The number of ether oxygens (including phenoxy) is 1. The van der Waals surface area contributed by atoms with Gasteiger partial charge in [0.2, 0.25) is 5.91 Å². The molecule has 0 saturated heterocycles. The Hall–Kier alpha value is -1.34. The van der Waals surface area contributed by atoms with Gasteiger partial charge in [0.25, 0.3) is 0 Å². The maximum atomic E-state index is 11.4. The molecule has 0 saturated carbocycles. The SMILES string of the molecule is CC(=O)N(O)CCCCCN(O)C(=O)OC(C)(C)C. The van der Waals surface area contributed by atoms with Crippen LogP contribution in [0.4, 0.5) is 4.79 Å². The van der Waals surface area contributed by atoms with E-state index in [0.717, 1.165) is 0 Å². The van der Waals surface area contributed by atoms with Crippen LogP contribution in [0.3, 0.4) is 0 Å². The Balaban J connectivity index is 3.72. The molecule has 0 spiro atoms. The van der Waals surface area contributed by atoms with E-state index in [1.165, 1.54) is 6.92 Å². The predicted octanol–water partition coefficient (Wildman–Crippen LogP) is 2.02. The van der Waals surface area contributed by atoms with Crippen molar-refractivity contribution in [2.24, 2.45) is 0 Å². The average Bonchev–Trinajstić information content (AvgIpc) is 2.25. The molecule has 0 radical (unpaired) electrons. The molecule has 0 heterocycles. The molecule has 0 rings (SSSR count). The van der Waals surface area contributed by atoms with Crippen LogP contribution >= 0.6 is 0 Å². The lowest BCUT2D eigenvalue weighted by Crippen LogP contribution is -2.35.